The summed E-state index contributed by atoms with van der Waals surface area (Å²) in [4.78, 5) is 10.1. The molecule has 17 heavy (non-hydrogen) atoms. The summed E-state index contributed by atoms with van der Waals surface area (Å²) in [5, 5.41) is 0. The minimum absolute atomic E-state index is 0.743. The molecule has 0 bridgehead atoms. The third-order valence-corrected chi connectivity index (χ3v) is 2.78. The molecule has 1 heteroatoms. The zero-order valence-corrected chi connectivity index (χ0v) is 11.4. The Kier molecular flexibility index (Phi) is 14.4. The Bertz CT molecular complexity index is 204. The van der Waals surface area contributed by atoms with Crippen LogP contribution in [0, 0.1) is 0 Å². The highest BCUT2D eigenvalue weighted by Crippen LogP contribution is 2.08. The number of hydrogen-bond donors (Lipinski definition) is 0. The molecule has 0 aromatic carbocycles. The summed E-state index contributed by atoms with van der Waals surface area (Å²) in [7, 11) is 0. The van der Waals surface area contributed by atoms with Crippen molar-refractivity contribution in [3.8, 4) is 0 Å². The quantitative estimate of drug-likeness (QED) is 0.258. The van der Waals surface area contributed by atoms with E-state index in [1.165, 1.54) is 51.4 Å². The first-order chi connectivity index (χ1) is 8.41. The Hall–Kier alpha value is -0.850. The number of carbonyl (C=O) groups is 1. The maximum absolute atomic E-state index is 10.1. The van der Waals surface area contributed by atoms with E-state index in [0.717, 1.165) is 19.1 Å². The lowest BCUT2D eigenvalue weighted by atomic mass is 10.1. The summed E-state index contributed by atoms with van der Waals surface area (Å²) >= 11 is 0. The van der Waals surface area contributed by atoms with E-state index in [9.17, 15) is 4.79 Å². The van der Waals surface area contributed by atoms with Gasteiger partial charge in [-0.15, -0.1) is 0 Å². The van der Waals surface area contributed by atoms with Gasteiger partial charge in [0.15, 0.2) is 0 Å². The highest BCUT2D eigenvalue weighted by atomic mass is 16.1. The van der Waals surface area contributed by atoms with Crippen molar-refractivity contribution in [1.29, 1.82) is 0 Å². The molecule has 0 atom stereocenters. The van der Waals surface area contributed by atoms with Gasteiger partial charge in [0.25, 0.3) is 0 Å². The number of carbonyl (C=O) groups excluding carboxylic acids is 1. The topological polar surface area (TPSA) is 17.1 Å². The zero-order chi connectivity index (χ0) is 12.6. The molecular formula is C16H28O. The fraction of sp³-hybridized carbons (Fsp3) is 0.688. The second kappa shape index (κ2) is 15.1. The summed E-state index contributed by atoms with van der Waals surface area (Å²) in [6, 6.07) is 0. The Morgan fingerprint density at radius 2 is 1.24 bits per heavy atom. The molecule has 0 fully saturated rings. The van der Waals surface area contributed by atoms with Crippen LogP contribution in [0.4, 0.5) is 0 Å². The third kappa shape index (κ3) is 15.1. The molecule has 0 rings (SSSR count). The van der Waals surface area contributed by atoms with Crippen molar-refractivity contribution in [2.24, 2.45) is 0 Å². The van der Waals surface area contributed by atoms with Crippen LogP contribution in [0.2, 0.25) is 0 Å². The Labute approximate surface area is 107 Å². The molecule has 0 aliphatic carbocycles. The predicted molar refractivity (Wildman–Crippen MR) is 76.2 cm³/mol. The van der Waals surface area contributed by atoms with Crippen molar-refractivity contribution in [2.45, 2.75) is 71.1 Å². The largest absolute Gasteiger partial charge is 0.303 e. The van der Waals surface area contributed by atoms with Gasteiger partial charge in [-0.2, -0.15) is 0 Å². The lowest BCUT2D eigenvalue weighted by Gasteiger charge is -1.98. The number of unbranched alkanes of at least 4 members (excludes halogenated alkanes) is 8. The summed E-state index contributed by atoms with van der Waals surface area (Å²) in [6.07, 6.45) is 21.7. The number of allylic oxidation sites excluding steroid dienone is 4. The predicted octanol–water partition coefficient (Wildman–Crippen LogP) is 5.22. The first kappa shape index (κ1) is 16.1. The van der Waals surface area contributed by atoms with Crippen molar-refractivity contribution >= 4 is 6.29 Å². The van der Waals surface area contributed by atoms with E-state index in [2.05, 4.69) is 31.2 Å². The van der Waals surface area contributed by atoms with Crippen LogP contribution in [0.25, 0.3) is 0 Å². The van der Waals surface area contributed by atoms with Crippen molar-refractivity contribution in [1.82, 2.24) is 0 Å². The number of aldehydes is 1. The van der Waals surface area contributed by atoms with Crippen LogP contribution in [-0.2, 0) is 4.79 Å². The first-order valence-electron chi connectivity index (χ1n) is 7.17. The van der Waals surface area contributed by atoms with Crippen LogP contribution in [0.1, 0.15) is 71.1 Å². The highest BCUT2D eigenvalue weighted by Gasteiger charge is 1.89. The van der Waals surface area contributed by atoms with E-state index in [-0.39, 0.29) is 0 Å². The van der Waals surface area contributed by atoms with E-state index in [0.29, 0.717) is 0 Å². The minimum atomic E-state index is 0.743. The van der Waals surface area contributed by atoms with E-state index in [1.807, 2.05) is 0 Å². The fourth-order valence-corrected chi connectivity index (χ4v) is 1.71. The molecule has 0 N–H and O–H groups in total. The van der Waals surface area contributed by atoms with Gasteiger partial charge in [-0.05, 0) is 25.7 Å². The molecule has 0 amide bonds. The molecule has 0 aliphatic heterocycles. The molecule has 0 saturated carbocycles. The fourth-order valence-electron chi connectivity index (χ4n) is 1.71. The first-order valence-corrected chi connectivity index (χ1v) is 7.17. The normalized spacial score (nSPS) is 11.6. The van der Waals surface area contributed by atoms with Gasteiger partial charge in [0.05, 0.1) is 0 Å². The van der Waals surface area contributed by atoms with E-state index in [1.54, 1.807) is 0 Å². The molecule has 0 radical (unpaired) electrons. The van der Waals surface area contributed by atoms with Crippen molar-refractivity contribution in [2.75, 3.05) is 0 Å². The molecule has 0 aliphatic rings. The van der Waals surface area contributed by atoms with Gasteiger partial charge in [-0.1, -0.05) is 63.3 Å². The summed E-state index contributed by atoms with van der Waals surface area (Å²) in [6.45, 7) is 2.20. The van der Waals surface area contributed by atoms with Crippen LogP contribution < -0.4 is 0 Å². The van der Waals surface area contributed by atoms with E-state index >= 15 is 0 Å². The highest BCUT2D eigenvalue weighted by molar-refractivity contribution is 5.48. The maximum atomic E-state index is 10.1. The smallest absolute Gasteiger partial charge is 0.119 e. The van der Waals surface area contributed by atoms with Gasteiger partial charge in [-0.3, -0.25) is 0 Å². The van der Waals surface area contributed by atoms with Gasteiger partial charge < -0.3 is 4.79 Å². The Balaban J connectivity index is 3.09. The molecular weight excluding hydrogens is 208 g/mol. The van der Waals surface area contributed by atoms with Crippen LogP contribution in [-0.4, -0.2) is 6.29 Å². The minimum Gasteiger partial charge on any atom is -0.303 e. The Morgan fingerprint density at radius 1 is 0.706 bits per heavy atom. The molecule has 0 aromatic heterocycles. The lowest BCUT2D eigenvalue weighted by molar-refractivity contribution is -0.107. The second-order valence-corrected chi connectivity index (χ2v) is 4.51. The molecule has 0 aromatic rings. The average molecular weight is 236 g/mol. The summed E-state index contributed by atoms with van der Waals surface area (Å²) in [5.41, 5.74) is 0. The van der Waals surface area contributed by atoms with E-state index < -0.39 is 0 Å². The number of hydrogen-bond acceptors (Lipinski definition) is 1. The molecule has 0 spiro atoms. The molecule has 98 valence electrons. The lowest BCUT2D eigenvalue weighted by Crippen LogP contribution is -1.80. The second-order valence-electron chi connectivity index (χ2n) is 4.51. The number of rotatable bonds is 12. The van der Waals surface area contributed by atoms with Gasteiger partial charge in [-0.25, -0.2) is 0 Å². The molecule has 1 nitrogen and oxygen atoms in total. The monoisotopic (exact) mass is 236 g/mol. The Morgan fingerprint density at radius 3 is 1.82 bits per heavy atom. The van der Waals surface area contributed by atoms with Crippen LogP contribution in [0.5, 0.6) is 0 Å². The van der Waals surface area contributed by atoms with Crippen molar-refractivity contribution in [3.05, 3.63) is 24.3 Å². The van der Waals surface area contributed by atoms with Gasteiger partial charge >= 0.3 is 0 Å². The van der Waals surface area contributed by atoms with Crippen LogP contribution >= 0.6 is 0 Å². The van der Waals surface area contributed by atoms with Crippen molar-refractivity contribution in [3.63, 3.8) is 0 Å². The third-order valence-electron chi connectivity index (χ3n) is 2.78. The molecule has 0 saturated heterocycles. The zero-order valence-electron chi connectivity index (χ0n) is 11.4. The molecule has 0 heterocycles. The average Bonchev–Trinajstić information content (AvgIpc) is 2.35. The standard InChI is InChI=1S/C16H28O/c1-2-3-4-5-6-7-8-9-10-11-12-13-14-15-16-17/h4-7,16H,2-3,8-15H2,1H3/b5-4-,7-6-. The van der Waals surface area contributed by atoms with Crippen LogP contribution in [0.3, 0.4) is 0 Å². The van der Waals surface area contributed by atoms with Crippen LogP contribution in [0.15, 0.2) is 24.3 Å². The summed E-state index contributed by atoms with van der Waals surface area (Å²) in [5.74, 6) is 0. The molecule has 0 unspecified atom stereocenters. The van der Waals surface area contributed by atoms with Gasteiger partial charge in [0, 0.05) is 6.42 Å². The van der Waals surface area contributed by atoms with Crippen molar-refractivity contribution < 1.29 is 4.79 Å². The SMILES string of the molecule is CCC/C=C\C=C/CCCCCCCCC=O. The van der Waals surface area contributed by atoms with E-state index in [4.69, 9.17) is 0 Å². The van der Waals surface area contributed by atoms with Gasteiger partial charge in [0.2, 0.25) is 0 Å². The van der Waals surface area contributed by atoms with Gasteiger partial charge in [0.1, 0.15) is 6.29 Å². The summed E-state index contributed by atoms with van der Waals surface area (Å²) < 4.78 is 0. The maximum Gasteiger partial charge on any atom is 0.119 e.